The topological polar surface area (TPSA) is 70.5 Å². The maximum atomic E-state index is 12.5. The Bertz CT molecular complexity index is 518. The minimum atomic E-state index is -1.02. The van der Waals surface area contributed by atoms with E-state index in [9.17, 15) is 14.7 Å². The molecule has 0 bridgehead atoms. The van der Waals surface area contributed by atoms with Crippen molar-refractivity contribution >= 4 is 28.4 Å². The molecule has 0 aromatic carbocycles. The molecule has 110 valence electrons. The molecule has 5 nitrogen and oxygen atoms in total. The van der Waals surface area contributed by atoms with Gasteiger partial charge in [0.2, 0.25) is 5.91 Å². The van der Waals surface area contributed by atoms with Crippen molar-refractivity contribution in [2.24, 2.45) is 11.8 Å². The molecule has 0 atom stereocenters. The van der Waals surface area contributed by atoms with E-state index in [4.69, 9.17) is 0 Å². The zero-order chi connectivity index (χ0) is 14.9. The molecule has 1 aliphatic carbocycles. The molecule has 1 heterocycles. The molecule has 1 saturated carbocycles. The van der Waals surface area contributed by atoms with E-state index in [-0.39, 0.29) is 17.4 Å². The van der Waals surface area contributed by atoms with Crippen LogP contribution in [0.15, 0.2) is 0 Å². The minimum absolute atomic E-state index is 0.0141. The predicted molar refractivity (Wildman–Crippen MR) is 78.3 cm³/mol. The first kappa shape index (κ1) is 15.0. The van der Waals surface area contributed by atoms with Gasteiger partial charge >= 0.3 is 5.97 Å². The number of carbonyl (C=O) groups is 2. The molecule has 0 radical (unpaired) electrons. The van der Waals surface area contributed by atoms with Crippen LogP contribution in [0.1, 0.15) is 48.7 Å². The average molecular weight is 296 g/mol. The molecular formula is C14H20N2O3S. The number of aromatic carboxylic acids is 1. The lowest BCUT2D eigenvalue weighted by Gasteiger charge is -2.28. The first-order valence-electron chi connectivity index (χ1n) is 6.89. The van der Waals surface area contributed by atoms with E-state index in [2.05, 4.69) is 11.3 Å². The quantitative estimate of drug-likeness (QED) is 0.931. The first-order valence-corrected chi connectivity index (χ1v) is 7.66. The molecule has 0 spiro atoms. The van der Waals surface area contributed by atoms with Gasteiger partial charge in [0.15, 0.2) is 0 Å². The summed E-state index contributed by atoms with van der Waals surface area (Å²) < 4.78 is 4.07. The molecule has 1 aromatic heterocycles. The van der Waals surface area contributed by atoms with E-state index in [0.29, 0.717) is 16.6 Å². The van der Waals surface area contributed by atoms with Crippen LogP contribution >= 0.6 is 11.5 Å². The van der Waals surface area contributed by atoms with Crippen LogP contribution < -0.4 is 4.90 Å². The molecular weight excluding hydrogens is 276 g/mol. The maximum absolute atomic E-state index is 12.5. The highest BCUT2D eigenvalue weighted by Gasteiger charge is 2.30. The van der Waals surface area contributed by atoms with E-state index in [1.54, 1.807) is 14.0 Å². The monoisotopic (exact) mass is 296 g/mol. The van der Waals surface area contributed by atoms with Crippen molar-refractivity contribution in [3.63, 3.8) is 0 Å². The SMILES string of the molecule is Cc1nsc(N(C)C(=O)C2CCC(C)CC2)c1C(=O)O. The van der Waals surface area contributed by atoms with Gasteiger partial charge in [-0.05, 0) is 50.1 Å². The lowest BCUT2D eigenvalue weighted by Crippen LogP contribution is -2.35. The predicted octanol–water partition coefficient (Wildman–Crippen LogP) is 2.94. The van der Waals surface area contributed by atoms with Crippen LogP contribution in [0.3, 0.4) is 0 Å². The zero-order valence-corrected chi connectivity index (χ0v) is 12.9. The van der Waals surface area contributed by atoms with E-state index in [1.807, 2.05) is 0 Å². The maximum Gasteiger partial charge on any atom is 0.340 e. The van der Waals surface area contributed by atoms with Gasteiger partial charge in [0.25, 0.3) is 0 Å². The van der Waals surface area contributed by atoms with Crippen LogP contribution in [-0.2, 0) is 4.79 Å². The number of aromatic nitrogens is 1. The average Bonchev–Trinajstić information content (AvgIpc) is 2.80. The van der Waals surface area contributed by atoms with Crippen molar-refractivity contribution in [3.8, 4) is 0 Å². The number of hydrogen-bond acceptors (Lipinski definition) is 4. The van der Waals surface area contributed by atoms with Crippen LogP contribution in [0.4, 0.5) is 5.00 Å². The largest absolute Gasteiger partial charge is 0.478 e. The van der Waals surface area contributed by atoms with Crippen molar-refractivity contribution < 1.29 is 14.7 Å². The molecule has 1 aromatic rings. The number of carbonyl (C=O) groups excluding carboxylic acids is 1. The molecule has 6 heteroatoms. The number of carboxylic acid groups (broad SMARTS) is 1. The zero-order valence-electron chi connectivity index (χ0n) is 12.0. The Morgan fingerprint density at radius 2 is 1.90 bits per heavy atom. The summed E-state index contributed by atoms with van der Waals surface area (Å²) in [6, 6.07) is 0. The minimum Gasteiger partial charge on any atom is -0.478 e. The van der Waals surface area contributed by atoms with Crippen LogP contribution in [0.5, 0.6) is 0 Å². The molecule has 20 heavy (non-hydrogen) atoms. The molecule has 1 fully saturated rings. The lowest BCUT2D eigenvalue weighted by atomic mass is 9.82. The number of aryl methyl sites for hydroxylation is 1. The third-order valence-electron chi connectivity index (χ3n) is 4.06. The summed E-state index contributed by atoms with van der Waals surface area (Å²) in [5.41, 5.74) is 0.615. The van der Waals surface area contributed by atoms with E-state index >= 15 is 0 Å². The van der Waals surface area contributed by atoms with Crippen LogP contribution in [-0.4, -0.2) is 28.4 Å². The van der Waals surface area contributed by atoms with Gasteiger partial charge < -0.3 is 10.0 Å². The fraction of sp³-hybridized carbons (Fsp3) is 0.643. The van der Waals surface area contributed by atoms with Crippen molar-refractivity contribution in [2.75, 3.05) is 11.9 Å². The summed E-state index contributed by atoms with van der Waals surface area (Å²) in [4.78, 5) is 25.3. The van der Waals surface area contributed by atoms with Crippen molar-refractivity contribution in [1.29, 1.82) is 0 Å². The second-order valence-electron chi connectivity index (χ2n) is 5.61. The summed E-state index contributed by atoms with van der Waals surface area (Å²) in [6.45, 7) is 3.86. The second kappa shape index (κ2) is 5.91. The fourth-order valence-electron chi connectivity index (χ4n) is 2.71. The molecule has 2 rings (SSSR count). The van der Waals surface area contributed by atoms with Crippen LogP contribution in [0, 0.1) is 18.8 Å². The third kappa shape index (κ3) is 2.85. The molecule has 0 aliphatic heterocycles. The van der Waals surface area contributed by atoms with Gasteiger partial charge in [-0.2, -0.15) is 4.37 Å². The van der Waals surface area contributed by atoms with E-state index in [0.717, 1.165) is 37.2 Å². The van der Waals surface area contributed by atoms with Gasteiger partial charge in [-0.3, -0.25) is 4.79 Å². The number of hydrogen-bond donors (Lipinski definition) is 1. The Hall–Kier alpha value is -1.43. The Balaban J connectivity index is 2.17. The number of anilines is 1. The van der Waals surface area contributed by atoms with E-state index in [1.165, 1.54) is 4.90 Å². The van der Waals surface area contributed by atoms with Gasteiger partial charge in [0, 0.05) is 13.0 Å². The third-order valence-corrected chi connectivity index (χ3v) is 5.07. The molecule has 1 aliphatic rings. The fourth-order valence-corrected chi connectivity index (χ4v) is 3.57. The summed E-state index contributed by atoms with van der Waals surface area (Å²) in [5, 5.41) is 9.68. The summed E-state index contributed by atoms with van der Waals surface area (Å²) in [5.74, 6) is -0.309. The smallest absolute Gasteiger partial charge is 0.340 e. The molecule has 0 saturated heterocycles. The number of amides is 1. The van der Waals surface area contributed by atoms with Gasteiger partial charge in [0.05, 0.1) is 5.69 Å². The molecule has 1 N–H and O–H groups in total. The highest BCUT2D eigenvalue weighted by Crippen LogP contribution is 2.33. The number of rotatable bonds is 3. The Morgan fingerprint density at radius 1 is 1.30 bits per heavy atom. The van der Waals surface area contributed by atoms with Crippen LogP contribution in [0.2, 0.25) is 0 Å². The second-order valence-corrected chi connectivity index (χ2v) is 6.36. The number of nitrogens with zero attached hydrogens (tertiary/aromatic N) is 2. The first-order chi connectivity index (χ1) is 9.41. The van der Waals surface area contributed by atoms with Gasteiger partial charge in [-0.1, -0.05) is 6.92 Å². The van der Waals surface area contributed by atoms with Gasteiger partial charge in [-0.15, -0.1) is 0 Å². The van der Waals surface area contributed by atoms with Crippen molar-refractivity contribution in [1.82, 2.24) is 4.37 Å². The Morgan fingerprint density at radius 3 is 2.45 bits per heavy atom. The Labute approximate surface area is 122 Å². The van der Waals surface area contributed by atoms with Crippen LogP contribution in [0.25, 0.3) is 0 Å². The molecule has 0 unspecified atom stereocenters. The normalized spacial score (nSPS) is 22.6. The highest BCUT2D eigenvalue weighted by atomic mass is 32.1. The molecule has 1 amide bonds. The van der Waals surface area contributed by atoms with Gasteiger partial charge in [-0.25, -0.2) is 4.79 Å². The lowest BCUT2D eigenvalue weighted by molar-refractivity contribution is -0.123. The summed E-state index contributed by atoms with van der Waals surface area (Å²) in [6.07, 6.45) is 3.92. The van der Waals surface area contributed by atoms with Crippen molar-refractivity contribution in [3.05, 3.63) is 11.3 Å². The number of carboxylic acids is 1. The Kier molecular flexibility index (Phi) is 4.42. The van der Waals surface area contributed by atoms with Gasteiger partial charge in [0.1, 0.15) is 10.6 Å². The van der Waals surface area contributed by atoms with Crippen molar-refractivity contribution in [2.45, 2.75) is 39.5 Å². The highest BCUT2D eigenvalue weighted by molar-refractivity contribution is 7.11. The summed E-state index contributed by atoms with van der Waals surface area (Å²) in [7, 11) is 1.65. The standard InChI is InChI=1S/C14H20N2O3S/c1-8-4-6-10(7-5-8)12(17)16(3)13-11(14(18)19)9(2)15-20-13/h8,10H,4-7H2,1-3H3,(H,18,19). The van der Waals surface area contributed by atoms with E-state index < -0.39 is 5.97 Å². The summed E-state index contributed by atoms with van der Waals surface area (Å²) >= 11 is 1.08.